The number of hydrogen-bond donors (Lipinski definition) is 0. The van der Waals surface area contributed by atoms with Crippen LogP contribution in [0, 0.1) is 0 Å². The molecule has 0 aliphatic carbocycles. The fourth-order valence-electron chi connectivity index (χ4n) is 3.20. The van der Waals surface area contributed by atoms with Crippen LogP contribution in [-0.4, -0.2) is 43.6 Å². The Kier molecular flexibility index (Phi) is 5.96. The number of hydrogen-bond acceptors (Lipinski definition) is 4. The molecule has 0 unspecified atom stereocenters. The predicted octanol–water partition coefficient (Wildman–Crippen LogP) is 3.32. The van der Waals surface area contributed by atoms with Crippen LogP contribution in [0.1, 0.15) is 30.1 Å². The summed E-state index contributed by atoms with van der Waals surface area (Å²) in [4.78, 5) is 28.9. The van der Waals surface area contributed by atoms with Gasteiger partial charge in [-0.2, -0.15) is 0 Å². The quantitative estimate of drug-likeness (QED) is 0.752. The Hall–Kier alpha value is -3.02. The Morgan fingerprint density at radius 3 is 2.48 bits per heavy atom. The van der Waals surface area contributed by atoms with Gasteiger partial charge in [-0.15, -0.1) is 0 Å². The summed E-state index contributed by atoms with van der Waals surface area (Å²) in [6.45, 7) is 3.16. The van der Waals surface area contributed by atoms with Crippen LogP contribution in [0.25, 0.3) is 0 Å². The molecule has 142 valence electrons. The summed E-state index contributed by atoms with van der Waals surface area (Å²) in [6.07, 6.45) is 1.33. The SMILES string of the molecule is CCOc1ccccc1C(=O)N(CN1CCCC1=O)c1ccccc1OC. The Bertz CT molecular complexity index is 821. The zero-order valence-electron chi connectivity index (χ0n) is 15.7. The second kappa shape index (κ2) is 8.58. The molecule has 1 saturated heterocycles. The van der Waals surface area contributed by atoms with Crippen LogP contribution >= 0.6 is 0 Å². The maximum atomic E-state index is 13.5. The lowest BCUT2D eigenvalue weighted by atomic mass is 10.1. The highest BCUT2D eigenvalue weighted by atomic mass is 16.5. The van der Waals surface area contributed by atoms with Crippen LogP contribution in [0.5, 0.6) is 11.5 Å². The fourth-order valence-corrected chi connectivity index (χ4v) is 3.20. The average molecular weight is 368 g/mol. The number of rotatable bonds is 7. The van der Waals surface area contributed by atoms with Crippen LogP contribution in [0.15, 0.2) is 48.5 Å². The first kappa shape index (κ1) is 18.8. The van der Waals surface area contributed by atoms with Crippen molar-refractivity contribution in [3.05, 3.63) is 54.1 Å². The first-order valence-corrected chi connectivity index (χ1v) is 9.10. The minimum Gasteiger partial charge on any atom is -0.495 e. The molecule has 27 heavy (non-hydrogen) atoms. The van der Waals surface area contributed by atoms with E-state index in [9.17, 15) is 9.59 Å². The van der Waals surface area contributed by atoms with Crippen molar-refractivity contribution < 1.29 is 19.1 Å². The zero-order valence-corrected chi connectivity index (χ0v) is 15.7. The molecule has 2 aromatic rings. The normalized spacial score (nSPS) is 13.6. The van der Waals surface area contributed by atoms with Crippen molar-refractivity contribution >= 4 is 17.5 Å². The van der Waals surface area contributed by atoms with Crippen LogP contribution in [0.2, 0.25) is 0 Å². The lowest BCUT2D eigenvalue weighted by Crippen LogP contribution is -2.42. The number of nitrogens with zero attached hydrogens (tertiary/aromatic N) is 2. The van der Waals surface area contributed by atoms with E-state index < -0.39 is 0 Å². The summed E-state index contributed by atoms with van der Waals surface area (Å²) in [5, 5.41) is 0. The smallest absolute Gasteiger partial charge is 0.263 e. The summed E-state index contributed by atoms with van der Waals surface area (Å²) in [5.74, 6) is 0.924. The number of methoxy groups -OCH3 is 1. The molecule has 2 amide bonds. The maximum Gasteiger partial charge on any atom is 0.263 e. The van der Waals surface area contributed by atoms with E-state index in [1.54, 1.807) is 41.2 Å². The van der Waals surface area contributed by atoms with E-state index in [0.717, 1.165) is 6.42 Å². The molecular formula is C21H24N2O4. The van der Waals surface area contributed by atoms with Gasteiger partial charge in [-0.05, 0) is 37.6 Å². The summed E-state index contributed by atoms with van der Waals surface area (Å²) < 4.78 is 11.1. The molecule has 0 N–H and O–H groups in total. The van der Waals surface area contributed by atoms with Gasteiger partial charge in [0.15, 0.2) is 0 Å². The molecule has 1 heterocycles. The van der Waals surface area contributed by atoms with Gasteiger partial charge in [0.2, 0.25) is 5.91 Å². The van der Waals surface area contributed by atoms with Crippen molar-refractivity contribution in [3.8, 4) is 11.5 Å². The second-order valence-electron chi connectivity index (χ2n) is 6.24. The highest BCUT2D eigenvalue weighted by Gasteiger charge is 2.29. The van der Waals surface area contributed by atoms with Crippen molar-refractivity contribution in [2.75, 3.05) is 31.8 Å². The van der Waals surface area contributed by atoms with Gasteiger partial charge in [0.05, 0.1) is 25.0 Å². The molecule has 6 nitrogen and oxygen atoms in total. The van der Waals surface area contributed by atoms with E-state index in [4.69, 9.17) is 9.47 Å². The van der Waals surface area contributed by atoms with E-state index in [-0.39, 0.29) is 18.5 Å². The lowest BCUT2D eigenvalue weighted by Gasteiger charge is -2.29. The van der Waals surface area contributed by atoms with Gasteiger partial charge in [0.25, 0.3) is 5.91 Å². The molecule has 3 rings (SSSR count). The standard InChI is InChI=1S/C21H24N2O4/c1-3-27-18-11-6-4-9-16(18)21(25)23(15-22-14-8-13-20(22)24)17-10-5-7-12-19(17)26-2/h4-7,9-12H,3,8,13-15H2,1-2H3. The van der Waals surface area contributed by atoms with E-state index >= 15 is 0 Å². The van der Waals surface area contributed by atoms with Gasteiger partial charge in [-0.3, -0.25) is 14.5 Å². The third-order valence-electron chi connectivity index (χ3n) is 4.52. The molecule has 0 saturated carbocycles. The molecule has 0 bridgehead atoms. The van der Waals surface area contributed by atoms with Gasteiger partial charge in [-0.1, -0.05) is 24.3 Å². The minimum absolute atomic E-state index is 0.0563. The number of ether oxygens (including phenoxy) is 2. The zero-order chi connectivity index (χ0) is 19.2. The summed E-state index contributed by atoms with van der Waals surface area (Å²) in [6, 6.07) is 14.5. The molecule has 6 heteroatoms. The molecule has 2 aromatic carbocycles. The molecule has 0 aromatic heterocycles. The number of benzene rings is 2. The first-order chi connectivity index (χ1) is 13.2. The van der Waals surface area contributed by atoms with Crippen LogP contribution in [0.3, 0.4) is 0 Å². The van der Waals surface area contributed by atoms with Crippen molar-refractivity contribution in [1.82, 2.24) is 4.90 Å². The molecule has 1 aliphatic heterocycles. The van der Waals surface area contributed by atoms with Gasteiger partial charge < -0.3 is 14.4 Å². The third kappa shape index (κ3) is 4.05. The summed E-state index contributed by atoms with van der Waals surface area (Å²) in [7, 11) is 1.57. The third-order valence-corrected chi connectivity index (χ3v) is 4.52. The number of anilines is 1. The lowest BCUT2D eigenvalue weighted by molar-refractivity contribution is -0.127. The van der Waals surface area contributed by atoms with Crippen molar-refractivity contribution in [3.63, 3.8) is 0 Å². The Labute approximate surface area is 159 Å². The van der Waals surface area contributed by atoms with Crippen LogP contribution in [0.4, 0.5) is 5.69 Å². The van der Waals surface area contributed by atoms with Crippen molar-refractivity contribution in [2.45, 2.75) is 19.8 Å². The number of likely N-dealkylation sites (tertiary alicyclic amines) is 1. The largest absolute Gasteiger partial charge is 0.495 e. The van der Waals surface area contributed by atoms with Gasteiger partial charge in [-0.25, -0.2) is 0 Å². The van der Waals surface area contributed by atoms with Gasteiger partial charge in [0, 0.05) is 13.0 Å². The summed E-state index contributed by atoms with van der Waals surface area (Å²) in [5.41, 5.74) is 1.08. The molecule has 1 fully saturated rings. The Balaban J connectivity index is 2.01. The highest BCUT2D eigenvalue weighted by Crippen LogP contribution is 2.31. The van der Waals surface area contributed by atoms with Crippen LogP contribution in [-0.2, 0) is 4.79 Å². The van der Waals surface area contributed by atoms with Crippen molar-refractivity contribution in [1.29, 1.82) is 0 Å². The van der Waals surface area contributed by atoms with E-state index in [1.807, 2.05) is 31.2 Å². The van der Waals surface area contributed by atoms with Gasteiger partial charge in [0.1, 0.15) is 18.2 Å². The predicted molar refractivity (Wildman–Crippen MR) is 103 cm³/mol. The molecular weight excluding hydrogens is 344 g/mol. The van der Waals surface area contributed by atoms with E-state index in [0.29, 0.717) is 42.3 Å². The van der Waals surface area contributed by atoms with Gasteiger partial charge >= 0.3 is 0 Å². The Morgan fingerprint density at radius 1 is 1.11 bits per heavy atom. The number of para-hydroxylation sites is 3. The van der Waals surface area contributed by atoms with Crippen molar-refractivity contribution in [2.24, 2.45) is 0 Å². The highest BCUT2D eigenvalue weighted by molar-refractivity contribution is 6.08. The fraction of sp³-hybridized carbons (Fsp3) is 0.333. The molecule has 0 radical (unpaired) electrons. The monoisotopic (exact) mass is 368 g/mol. The second-order valence-corrected chi connectivity index (χ2v) is 6.24. The van der Waals surface area contributed by atoms with Crippen LogP contribution < -0.4 is 14.4 Å². The number of carbonyl (C=O) groups is 2. The number of carbonyl (C=O) groups excluding carboxylic acids is 2. The Morgan fingerprint density at radius 2 is 1.81 bits per heavy atom. The average Bonchev–Trinajstić information content (AvgIpc) is 3.11. The minimum atomic E-state index is -0.233. The number of amides is 2. The maximum absolute atomic E-state index is 13.5. The summed E-state index contributed by atoms with van der Waals surface area (Å²) >= 11 is 0. The first-order valence-electron chi connectivity index (χ1n) is 9.10. The topological polar surface area (TPSA) is 59.1 Å². The van der Waals surface area contributed by atoms with E-state index in [1.165, 1.54) is 0 Å². The molecule has 0 atom stereocenters. The van der Waals surface area contributed by atoms with E-state index in [2.05, 4.69) is 0 Å². The molecule has 1 aliphatic rings. The molecule has 0 spiro atoms.